The number of aromatic nitrogens is 1. The Morgan fingerprint density at radius 2 is 1.81 bits per heavy atom. The van der Waals surface area contributed by atoms with Crippen molar-refractivity contribution in [2.45, 2.75) is 13.8 Å². The summed E-state index contributed by atoms with van der Waals surface area (Å²) in [6.07, 6.45) is 1.80. The molecule has 0 saturated carbocycles. The highest BCUT2D eigenvalue weighted by Crippen LogP contribution is 2.21. The molecule has 0 aliphatic rings. The highest BCUT2D eigenvalue weighted by atomic mass is 79.9. The Balaban J connectivity index is 2.23. The van der Waals surface area contributed by atoms with Crippen LogP contribution in [0.5, 0.6) is 0 Å². The van der Waals surface area contributed by atoms with Crippen LogP contribution in [0.15, 0.2) is 41.0 Å². The molecule has 0 bridgehead atoms. The van der Waals surface area contributed by atoms with Gasteiger partial charge >= 0.3 is 0 Å². The minimum Gasteiger partial charge on any atom is -0.340 e. The normalized spacial score (nSPS) is 10.2. The van der Waals surface area contributed by atoms with Crippen LogP contribution in [0.3, 0.4) is 0 Å². The number of halogens is 1. The molecule has 0 atom stereocenters. The number of aryl methyl sites for hydroxylation is 2. The van der Waals surface area contributed by atoms with E-state index in [-0.39, 0.29) is 0 Å². The Bertz CT molecular complexity index is 492. The van der Waals surface area contributed by atoms with Gasteiger partial charge in [0.25, 0.3) is 0 Å². The third-order valence-electron chi connectivity index (χ3n) is 2.36. The number of hydrogen-bond acceptors (Lipinski definition) is 2. The van der Waals surface area contributed by atoms with Crippen LogP contribution in [0.1, 0.15) is 11.1 Å². The van der Waals surface area contributed by atoms with E-state index in [1.807, 2.05) is 13.0 Å². The summed E-state index contributed by atoms with van der Waals surface area (Å²) in [6.45, 7) is 4.11. The molecule has 82 valence electrons. The van der Waals surface area contributed by atoms with E-state index in [4.69, 9.17) is 0 Å². The monoisotopic (exact) mass is 276 g/mol. The summed E-state index contributed by atoms with van der Waals surface area (Å²) in [4.78, 5) is 4.34. The fourth-order valence-electron chi connectivity index (χ4n) is 1.44. The fraction of sp³-hybridized carbons (Fsp3) is 0.154. The zero-order valence-electron chi connectivity index (χ0n) is 9.29. The number of benzene rings is 1. The second kappa shape index (κ2) is 4.66. The van der Waals surface area contributed by atoms with Gasteiger partial charge in [0.05, 0.1) is 0 Å². The number of pyridine rings is 1. The van der Waals surface area contributed by atoms with Gasteiger partial charge in [-0.2, -0.15) is 0 Å². The molecule has 2 aromatic rings. The Kier molecular flexibility index (Phi) is 3.25. The van der Waals surface area contributed by atoms with E-state index in [2.05, 4.69) is 57.4 Å². The van der Waals surface area contributed by atoms with E-state index in [0.29, 0.717) is 0 Å². The largest absolute Gasteiger partial charge is 0.340 e. The van der Waals surface area contributed by atoms with Crippen molar-refractivity contribution in [2.75, 3.05) is 5.32 Å². The van der Waals surface area contributed by atoms with E-state index in [9.17, 15) is 0 Å². The summed E-state index contributed by atoms with van der Waals surface area (Å²) in [6, 6.07) is 10.3. The second-order valence-corrected chi connectivity index (χ2v) is 4.73. The molecular weight excluding hydrogens is 264 g/mol. The van der Waals surface area contributed by atoms with Crippen molar-refractivity contribution in [2.24, 2.45) is 0 Å². The highest BCUT2D eigenvalue weighted by Gasteiger charge is 2.00. The van der Waals surface area contributed by atoms with Crippen LogP contribution in [0.4, 0.5) is 11.5 Å². The molecule has 0 saturated heterocycles. The molecule has 0 unspecified atom stereocenters. The predicted molar refractivity (Wildman–Crippen MR) is 71.1 cm³/mol. The smallest absolute Gasteiger partial charge is 0.133 e. The molecule has 0 fully saturated rings. The van der Waals surface area contributed by atoms with E-state index in [1.54, 1.807) is 6.20 Å². The van der Waals surface area contributed by atoms with Gasteiger partial charge in [-0.1, -0.05) is 17.7 Å². The number of nitrogens with zero attached hydrogens (tertiary/aromatic N) is 1. The van der Waals surface area contributed by atoms with Gasteiger partial charge in [-0.05, 0) is 53.5 Å². The van der Waals surface area contributed by atoms with Crippen LogP contribution in [0.25, 0.3) is 0 Å². The molecule has 1 N–H and O–H groups in total. The Morgan fingerprint density at radius 3 is 2.44 bits per heavy atom. The summed E-state index contributed by atoms with van der Waals surface area (Å²) in [5, 5.41) is 3.29. The first-order valence-electron chi connectivity index (χ1n) is 5.11. The molecule has 2 rings (SSSR count). The van der Waals surface area contributed by atoms with Gasteiger partial charge in [-0.25, -0.2) is 4.98 Å². The molecule has 1 aromatic carbocycles. The maximum Gasteiger partial charge on any atom is 0.133 e. The lowest BCUT2D eigenvalue weighted by Crippen LogP contribution is -1.96. The molecule has 1 heterocycles. The minimum absolute atomic E-state index is 0.895. The molecule has 2 nitrogen and oxygen atoms in total. The van der Waals surface area contributed by atoms with Crippen molar-refractivity contribution < 1.29 is 0 Å². The van der Waals surface area contributed by atoms with Crippen LogP contribution in [0, 0.1) is 13.8 Å². The Labute approximate surface area is 104 Å². The number of nitrogens with one attached hydrogen (secondary N) is 1. The highest BCUT2D eigenvalue weighted by molar-refractivity contribution is 9.10. The molecule has 0 aliphatic carbocycles. The van der Waals surface area contributed by atoms with Gasteiger partial charge in [0.1, 0.15) is 5.82 Å². The quantitative estimate of drug-likeness (QED) is 0.889. The van der Waals surface area contributed by atoms with Gasteiger partial charge < -0.3 is 5.32 Å². The lowest BCUT2D eigenvalue weighted by atomic mass is 10.2. The van der Waals surface area contributed by atoms with Gasteiger partial charge in [0.15, 0.2) is 0 Å². The van der Waals surface area contributed by atoms with Crippen molar-refractivity contribution in [3.63, 3.8) is 0 Å². The van der Waals surface area contributed by atoms with E-state index >= 15 is 0 Å². The summed E-state index contributed by atoms with van der Waals surface area (Å²) in [7, 11) is 0. The molecule has 1 aromatic heterocycles. The van der Waals surface area contributed by atoms with Crippen molar-refractivity contribution in [3.05, 3.63) is 52.1 Å². The van der Waals surface area contributed by atoms with Crippen molar-refractivity contribution in [3.8, 4) is 0 Å². The maximum atomic E-state index is 4.34. The van der Waals surface area contributed by atoms with Gasteiger partial charge in [0.2, 0.25) is 0 Å². The topological polar surface area (TPSA) is 24.9 Å². The van der Waals surface area contributed by atoms with E-state index in [1.165, 1.54) is 5.56 Å². The zero-order chi connectivity index (χ0) is 11.5. The second-order valence-electron chi connectivity index (χ2n) is 3.81. The maximum absolute atomic E-state index is 4.34. The average molecular weight is 277 g/mol. The van der Waals surface area contributed by atoms with Gasteiger partial charge in [-0.3, -0.25) is 0 Å². The first-order chi connectivity index (χ1) is 7.65. The third-order valence-corrected chi connectivity index (χ3v) is 2.79. The molecule has 16 heavy (non-hydrogen) atoms. The standard InChI is InChI=1S/C13H13BrN2/c1-9-3-5-12(6-4-9)16-13-10(2)7-11(14)8-15-13/h3-8H,1-2H3,(H,15,16). The minimum atomic E-state index is 0.895. The Morgan fingerprint density at radius 1 is 1.12 bits per heavy atom. The van der Waals surface area contributed by atoms with Gasteiger partial charge in [0, 0.05) is 16.4 Å². The average Bonchev–Trinajstić information content (AvgIpc) is 2.25. The van der Waals surface area contributed by atoms with Crippen molar-refractivity contribution in [1.29, 1.82) is 0 Å². The number of rotatable bonds is 2. The number of anilines is 2. The van der Waals surface area contributed by atoms with E-state index in [0.717, 1.165) is 21.5 Å². The lowest BCUT2D eigenvalue weighted by Gasteiger charge is -2.08. The van der Waals surface area contributed by atoms with Crippen LogP contribution in [-0.4, -0.2) is 4.98 Å². The SMILES string of the molecule is Cc1ccc(Nc2ncc(Br)cc2C)cc1. The third kappa shape index (κ3) is 2.61. The first kappa shape index (κ1) is 11.1. The molecule has 3 heteroatoms. The predicted octanol–water partition coefficient (Wildman–Crippen LogP) is 4.20. The zero-order valence-corrected chi connectivity index (χ0v) is 10.9. The lowest BCUT2D eigenvalue weighted by molar-refractivity contribution is 1.24. The molecule has 0 radical (unpaired) electrons. The summed E-state index contributed by atoms with van der Waals surface area (Å²) in [5.74, 6) is 0.895. The van der Waals surface area contributed by atoms with Crippen LogP contribution < -0.4 is 5.32 Å². The summed E-state index contributed by atoms with van der Waals surface area (Å²) >= 11 is 3.40. The van der Waals surface area contributed by atoms with Crippen molar-refractivity contribution in [1.82, 2.24) is 4.98 Å². The van der Waals surface area contributed by atoms with Crippen molar-refractivity contribution >= 4 is 27.4 Å². The molecule has 0 aliphatic heterocycles. The molecule has 0 amide bonds. The Hall–Kier alpha value is -1.35. The van der Waals surface area contributed by atoms with E-state index < -0.39 is 0 Å². The number of hydrogen-bond donors (Lipinski definition) is 1. The van der Waals surface area contributed by atoms with Gasteiger partial charge in [-0.15, -0.1) is 0 Å². The molecule has 0 spiro atoms. The molecular formula is C13H13BrN2. The van der Waals surface area contributed by atoms with Crippen LogP contribution in [-0.2, 0) is 0 Å². The first-order valence-corrected chi connectivity index (χ1v) is 5.90. The van der Waals surface area contributed by atoms with Crippen LogP contribution in [0.2, 0.25) is 0 Å². The summed E-state index contributed by atoms with van der Waals surface area (Å²) < 4.78 is 0.999. The van der Waals surface area contributed by atoms with Crippen LogP contribution >= 0.6 is 15.9 Å². The fourth-order valence-corrected chi connectivity index (χ4v) is 1.89. The summed E-state index contributed by atoms with van der Waals surface area (Å²) in [5.41, 5.74) is 3.43.